The number of sulfone groups is 1. The zero-order valence-corrected chi connectivity index (χ0v) is 10.8. The summed E-state index contributed by atoms with van der Waals surface area (Å²) < 4.78 is 24.7. The number of aliphatic hydroxyl groups is 1. The summed E-state index contributed by atoms with van der Waals surface area (Å²) in [6, 6.07) is -0.336. The third-order valence-corrected chi connectivity index (χ3v) is 4.87. The van der Waals surface area contributed by atoms with E-state index < -0.39 is 15.9 Å². The van der Waals surface area contributed by atoms with Gasteiger partial charge in [0.1, 0.15) is 5.82 Å². The molecule has 0 aromatic carbocycles. The summed E-state index contributed by atoms with van der Waals surface area (Å²) in [5.74, 6) is 0.737. The molecule has 2 unspecified atom stereocenters. The third-order valence-electron chi connectivity index (χ3n) is 3.17. The van der Waals surface area contributed by atoms with Crippen LogP contribution in [0.25, 0.3) is 0 Å². The van der Waals surface area contributed by atoms with Gasteiger partial charge in [-0.25, -0.2) is 13.4 Å². The number of aliphatic hydroxyl groups excluding tert-OH is 1. The van der Waals surface area contributed by atoms with E-state index in [1.54, 1.807) is 6.20 Å². The van der Waals surface area contributed by atoms with Crippen molar-refractivity contribution in [3.63, 3.8) is 0 Å². The predicted molar refractivity (Wildman–Crippen MR) is 63.1 cm³/mol. The second-order valence-corrected chi connectivity index (χ2v) is 6.73. The molecule has 2 atom stereocenters. The Labute approximate surface area is 101 Å². The highest BCUT2D eigenvalue weighted by molar-refractivity contribution is 7.91. The summed E-state index contributed by atoms with van der Waals surface area (Å²) >= 11 is 0. The molecular weight excluding hydrogens is 242 g/mol. The lowest BCUT2D eigenvalue weighted by molar-refractivity contribution is 0.0938. The van der Waals surface area contributed by atoms with Crippen LogP contribution >= 0.6 is 0 Å². The van der Waals surface area contributed by atoms with Crippen molar-refractivity contribution in [2.75, 3.05) is 18.6 Å². The summed E-state index contributed by atoms with van der Waals surface area (Å²) in [6.07, 6.45) is 2.74. The fourth-order valence-corrected chi connectivity index (χ4v) is 4.00. The van der Waals surface area contributed by atoms with Gasteiger partial charge in [-0.05, 0) is 7.05 Å². The first-order chi connectivity index (χ1) is 7.89. The summed E-state index contributed by atoms with van der Waals surface area (Å²) in [7, 11) is 0.598. The Bertz CT molecular complexity index is 497. The van der Waals surface area contributed by atoms with Gasteiger partial charge < -0.3 is 9.67 Å². The fourth-order valence-electron chi connectivity index (χ4n) is 2.12. The van der Waals surface area contributed by atoms with Crippen LogP contribution in [0.5, 0.6) is 0 Å². The first kappa shape index (κ1) is 12.5. The standard InChI is InChI=1S/C10H17N3O3S/c1-12-4-3-11-10(12)5-13(2)8-6-17(15,16)7-9(8)14/h3-4,8-9,14H,5-7H2,1-2H3. The van der Waals surface area contributed by atoms with Crippen molar-refractivity contribution in [2.24, 2.45) is 7.05 Å². The molecule has 96 valence electrons. The van der Waals surface area contributed by atoms with Crippen molar-refractivity contribution >= 4 is 9.84 Å². The quantitative estimate of drug-likeness (QED) is 0.754. The normalized spacial score (nSPS) is 27.8. The van der Waals surface area contributed by atoms with Gasteiger partial charge in [-0.1, -0.05) is 0 Å². The lowest BCUT2D eigenvalue weighted by atomic mass is 10.2. The predicted octanol–water partition coefficient (Wildman–Crippen LogP) is -0.990. The number of hydrogen-bond donors (Lipinski definition) is 1. The minimum Gasteiger partial charge on any atom is -0.390 e. The Kier molecular flexibility index (Phi) is 3.24. The van der Waals surface area contributed by atoms with E-state index in [2.05, 4.69) is 4.98 Å². The van der Waals surface area contributed by atoms with Gasteiger partial charge in [-0.3, -0.25) is 4.90 Å². The lowest BCUT2D eigenvalue weighted by Gasteiger charge is -2.25. The molecule has 17 heavy (non-hydrogen) atoms. The molecule has 2 rings (SSSR count). The van der Waals surface area contributed by atoms with Crippen LogP contribution in [0.4, 0.5) is 0 Å². The monoisotopic (exact) mass is 259 g/mol. The van der Waals surface area contributed by atoms with Crippen molar-refractivity contribution in [2.45, 2.75) is 18.7 Å². The molecule has 1 aliphatic heterocycles. The maximum absolute atomic E-state index is 11.4. The average molecular weight is 259 g/mol. The number of aromatic nitrogens is 2. The van der Waals surface area contributed by atoms with Crippen molar-refractivity contribution < 1.29 is 13.5 Å². The molecule has 1 aromatic heterocycles. The van der Waals surface area contributed by atoms with Gasteiger partial charge in [0.05, 0.1) is 30.2 Å². The highest BCUT2D eigenvalue weighted by atomic mass is 32.2. The van der Waals surface area contributed by atoms with Crippen molar-refractivity contribution in [3.8, 4) is 0 Å². The van der Waals surface area contributed by atoms with Gasteiger partial charge >= 0.3 is 0 Å². The second kappa shape index (κ2) is 4.40. The molecule has 1 N–H and O–H groups in total. The summed E-state index contributed by atoms with van der Waals surface area (Å²) in [4.78, 5) is 6.02. The molecule has 1 aliphatic rings. The van der Waals surface area contributed by atoms with E-state index in [9.17, 15) is 13.5 Å². The highest BCUT2D eigenvalue weighted by Gasteiger charge is 2.38. The first-order valence-electron chi connectivity index (χ1n) is 5.44. The molecule has 0 amide bonds. The third kappa shape index (κ3) is 2.67. The van der Waals surface area contributed by atoms with Crippen LogP contribution in [0, 0.1) is 0 Å². The molecule has 0 bridgehead atoms. The SMILES string of the molecule is CN(Cc1nccn1C)C1CS(=O)(=O)CC1O. The van der Waals surface area contributed by atoms with Crippen molar-refractivity contribution in [3.05, 3.63) is 18.2 Å². The molecule has 7 heteroatoms. The van der Waals surface area contributed by atoms with Crippen molar-refractivity contribution in [1.82, 2.24) is 14.5 Å². The van der Waals surface area contributed by atoms with E-state index in [1.165, 1.54) is 0 Å². The number of rotatable bonds is 3. The average Bonchev–Trinajstić information content (AvgIpc) is 2.71. The Balaban J connectivity index is 2.06. The molecule has 1 saturated heterocycles. The smallest absolute Gasteiger partial charge is 0.154 e. The van der Waals surface area contributed by atoms with E-state index in [0.29, 0.717) is 6.54 Å². The minimum atomic E-state index is -3.10. The number of aryl methyl sites for hydroxylation is 1. The molecular formula is C10H17N3O3S. The number of likely N-dealkylation sites (N-methyl/N-ethyl adjacent to an activating group) is 1. The number of hydrogen-bond acceptors (Lipinski definition) is 5. The van der Waals surface area contributed by atoms with Gasteiger partial charge in [0.2, 0.25) is 0 Å². The second-order valence-electron chi connectivity index (χ2n) is 4.58. The molecule has 0 aliphatic carbocycles. The van der Waals surface area contributed by atoms with Gasteiger partial charge in [-0.2, -0.15) is 0 Å². The van der Waals surface area contributed by atoms with Crippen LogP contribution in [0.15, 0.2) is 12.4 Å². The van der Waals surface area contributed by atoms with Gasteiger partial charge in [0, 0.05) is 19.4 Å². The van der Waals surface area contributed by atoms with E-state index in [1.807, 2.05) is 29.8 Å². The molecule has 0 spiro atoms. The Hall–Kier alpha value is -0.920. The molecule has 0 saturated carbocycles. The van der Waals surface area contributed by atoms with Gasteiger partial charge in [0.15, 0.2) is 9.84 Å². The molecule has 6 nitrogen and oxygen atoms in total. The molecule has 0 radical (unpaired) electrons. The molecule has 1 aromatic rings. The zero-order valence-electron chi connectivity index (χ0n) is 9.94. The maximum Gasteiger partial charge on any atom is 0.154 e. The van der Waals surface area contributed by atoms with Crippen LogP contribution in [0.2, 0.25) is 0 Å². The summed E-state index contributed by atoms with van der Waals surface area (Å²) in [6.45, 7) is 0.529. The first-order valence-corrected chi connectivity index (χ1v) is 7.26. The molecule has 2 heterocycles. The van der Waals surface area contributed by atoms with Crippen LogP contribution in [0.1, 0.15) is 5.82 Å². The maximum atomic E-state index is 11.4. The highest BCUT2D eigenvalue weighted by Crippen LogP contribution is 2.18. The fraction of sp³-hybridized carbons (Fsp3) is 0.700. The van der Waals surface area contributed by atoms with Crippen LogP contribution in [-0.2, 0) is 23.4 Å². The zero-order chi connectivity index (χ0) is 12.6. The Morgan fingerprint density at radius 2 is 2.29 bits per heavy atom. The van der Waals surface area contributed by atoms with Crippen LogP contribution < -0.4 is 0 Å². The Morgan fingerprint density at radius 1 is 1.59 bits per heavy atom. The van der Waals surface area contributed by atoms with Crippen LogP contribution in [0.3, 0.4) is 0 Å². The molecule has 1 fully saturated rings. The summed E-state index contributed by atoms with van der Waals surface area (Å²) in [5, 5.41) is 9.74. The van der Waals surface area contributed by atoms with Gasteiger partial charge in [-0.15, -0.1) is 0 Å². The number of imidazole rings is 1. The summed E-state index contributed by atoms with van der Waals surface area (Å²) in [5.41, 5.74) is 0. The van der Waals surface area contributed by atoms with Crippen molar-refractivity contribution in [1.29, 1.82) is 0 Å². The Morgan fingerprint density at radius 3 is 2.76 bits per heavy atom. The minimum absolute atomic E-state index is 0.0229. The topological polar surface area (TPSA) is 75.4 Å². The number of nitrogens with zero attached hydrogens (tertiary/aromatic N) is 3. The van der Waals surface area contributed by atoms with E-state index >= 15 is 0 Å². The van der Waals surface area contributed by atoms with E-state index in [4.69, 9.17) is 0 Å². The van der Waals surface area contributed by atoms with E-state index in [-0.39, 0.29) is 17.5 Å². The largest absolute Gasteiger partial charge is 0.390 e. The van der Waals surface area contributed by atoms with Crippen LogP contribution in [-0.4, -0.2) is 58.7 Å². The van der Waals surface area contributed by atoms with E-state index in [0.717, 1.165) is 5.82 Å². The van der Waals surface area contributed by atoms with Gasteiger partial charge in [0.25, 0.3) is 0 Å². The lowest BCUT2D eigenvalue weighted by Crippen LogP contribution is -2.40.